The van der Waals surface area contributed by atoms with Gasteiger partial charge in [0.2, 0.25) is 0 Å². The maximum atomic E-state index is 12.8. The minimum Gasteiger partial charge on any atom is -0.465 e. The molecule has 0 saturated heterocycles. The number of ether oxygens (including phenoxy) is 8. The van der Waals surface area contributed by atoms with Crippen molar-refractivity contribution in [3.8, 4) is 0 Å². The first-order valence-electron chi connectivity index (χ1n) is 15.4. The zero-order valence-corrected chi connectivity index (χ0v) is 29.9. The Kier molecular flexibility index (Phi) is 20.4. The fourth-order valence-corrected chi connectivity index (χ4v) is 3.83. The van der Waals surface area contributed by atoms with Crippen LogP contribution in [0.2, 0.25) is 0 Å². The Hall–Kier alpha value is -4.30. The predicted molar refractivity (Wildman–Crippen MR) is 177 cm³/mol. The molecule has 0 aromatic carbocycles. The van der Waals surface area contributed by atoms with Crippen molar-refractivity contribution in [3.63, 3.8) is 0 Å². The van der Waals surface area contributed by atoms with E-state index >= 15 is 0 Å². The van der Waals surface area contributed by atoms with Crippen LogP contribution in [0.1, 0.15) is 53.9 Å². The lowest BCUT2D eigenvalue weighted by molar-refractivity contribution is -0.166. The molecule has 0 aliphatic heterocycles. The number of carbonyl (C=O) groups excluding carboxylic acids is 6. The largest absolute Gasteiger partial charge is 0.465 e. The van der Waals surface area contributed by atoms with Gasteiger partial charge in [0, 0.05) is 49.4 Å². The molecule has 0 aromatic rings. The molecule has 1 atom stereocenters. The van der Waals surface area contributed by atoms with Crippen LogP contribution in [-0.4, -0.2) is 103 Å². The third kappa shape index (κ3) is 18.2. The summed E-state index contributed by atoms with van der Waals surface area (Å²) in [4.78, 5) is 73.8. The van der Waals surface area contributed by atoms with Crippen molar-refractivity contribution in [2.45, 2.75) is 53.9 Å². The highest BCUT2D eigenvalue weighted by Gasteiger charge is 2.38. The number of carbonyl (C=O) groups is 6. The highest BCUT2D eigenvalue weighted by Crippen LogP contribution is 2.24. The van der Waals surface area contributed by atoms with Crippen LogP contribution in [0.15, 0.2) is 48.6 Å². The number of esters is 6. The van der Waals surface area contributed by atoms with Crippen LogP contribution in [0, 0.1) is 16.7 Å². The van der Waals surface area contributed by atoms with Crippen molar-refractivity contribution < 1.29 is 66.7 Å². The average molecular weight is 697 g/mol. The molecule has 49 heavy (non-hydrogen) atoms. The monoisotopic (exact) mass is 696 g/mol. The van der Waals surface area contributed by atoms with Gasteiger partial charge < -0.3 is 37.9 Å². The Morgan fingerprint density at radius 3 is 1.06 bits per heavy atom. The normalized spacial score (nSPS) is 11.7. The number of rotatable bonds is 25. The summed E-state index contributed by atoms with van der Waals surface area (Å²) >= 11 is 0. The second-order valence-electron chi connectivity index (χ2n) is 12.5. The molecular weight excluding hydrogens is 644 g/mol. The zero-order chi connectivity index (χ0) is 37.8. The third-order valence-corrected chi connectivity index (χ3v) is 6.77. The smallest absolute Gasteiger partial charge is 0.333 e. The van der Waals surface area contributed by atoms with E-state index in [0.29, 0.717) is 0 Å². The molecule has 1 unspecified atom stereocenters. The molecule has 0 spiro atoms. The molecule has 14 nitrogen and oxygen atoms in total. The van der Waals surface area contributed by atoms with Crippen LogP contribution in [0.4, 0.5) is 0 Å². The van der Waals surface area contributed by atoms with E-state index in [0.717, 1.165) is 0 Å². The van der Waals surface area contributed by atoms with Crippen LogP contribution >= 0.6 is 0 Å². The van der Waals surface area contributed by atoms with Gasteiger partial charge in [0.15, 0.2) is 0 Å². The Morgan fingerprint density at radius 2 is 0.776 bits per heavy atom. The summed E-state index contributed by atoms with van der Waals surface area (Å²) in [5, 5.41) is 0. The number of hydrogen-bond acceptors (Lipinski definition) is 14. The van der Waals surface area contributed by atoms with Crippen molar-refractivity contribution in [2.75, 3.05) is 67.1 Å². The lowest BCUT2D eigenvalue weighted by Crippen LogP contribution is -2.43. The van der Waals surface area contributed by atoms with Gasteiger partial charge in [0.05, 0.1) is 24.0 Å². The average Bonchev–Trinajstić information content (AvgIpc) is 3.04. The molecule has 0 fully saturated rings. The van der Waals surface area contributed by atoms with Crippen LogP contribution < -0.4 is 0 Å². The molecular formula is C35H52O14. The van der Waals surface area contributed by atoms with Crippen LogP contribution in [0.5, 0.6) is 0 Å². The molecule has 0 saturated carbocycles. The van der Waals surface area contributed by atoms with E-state index in [2.05, 4.69) is 26.3 Å². The summed E-state index contributed by atoms with van der Waals surface area (Å²) in [6.45, 7) is 19.8. The molecule has 0 N–H and O–H groups in total. The van der Waals surface area contributed by atoms with Gasteiger partial charge in [-0.15, -0.1) is 0 Å². The maximum Gasteiger partial charge on any atom is 0.333 e. The van der Waals surface area contributed by atoms with Gasteiger partial charge in [-0.3, -0.25) is 9.59 Å². The molecule has 0 amide bonds. The maximum absolute atomic E-state index is 12.8. The summed E-state index contributed by atoms with van der Waals surface area (Å²) in [6, 6.07) is 0. The fraction of sp³-hybridized carbons (Fsp3) is 0.600. The highest BCUT2D eigenvalue weighted by atomic mass is 16.6. The van der Waals surface area contributed by atoms with Crippen LogP contribution in [0.25, 0.3) is 0 Å². The van der Waals surface area contributed by atoms with E-state index in [1.165, 1.54) is 41.9 Å². The molecule has 0 aliphatic rings. The molecule has 14 heteroatoms. The van der Waals surface area contributed by atoms with Gasteiger partial charge in [-0.2, -0.15) is 0 Å². The van der Waals surface area contributed by atoms with Crippen LogP contribution in [0.3, 0.4) is 0 Å². The molecule has 0 aromatic heterocycles. The van der Waals surface area contributed by atoms with Gasteiger partial charge in [-0.25, -0.2) is 19.2 Å². The summed E-state index contributed by atoms with van der Waals surface area (Å²) in [7, 11) is 2.78. The van der Waals surface area contributed by atoms with Crippen molar-refractivity contribution in [3.05, 3.63) is 48.6 Å². The molecule has 276 valence electrons. The van der Waals surface area contributed by atoms with Gasteiger partial charge in [-0.05, 0) is 40.0 Å². The lowest BCUT2D eigenvalue weighted by atomic mass is 9.92. The van der Waals surface area contributed by atoms with Crippen molar-refractivity contribution >= 4 is 35.8 Å². The van der Waals surface area contributed by atoms with E-state index in [1.54, 1.807) is 6.92 Å². The third-order valence-electron chi connectivity index (χ3n) is 6.77. The first-order valence-corrected chi connectivity index (χ1v) is 15.4. The summed E-state index contributed by atoms with van der Waals surface area (Å²) in [6.07, 6.45) is 0.0981. The number of hydrogen-bond donors (Lipinski definition) is 0. The summed E-state index contributed by atoms with van der Waals surface area (Å²) < 4.78 is 42.7. The minimum absolute atomic E-state index is 0.0735. The van der Waals surface area contributed by atoms with Gasteiger partial charge in [0.1, 0.15) is 39.6 Å². The minimum atomic E-state index is -1.22. The second-order valence-corrected chi connectivity index (χ2v) is 12.5. The SMILES string of the molecule is C=C(C)C(=O)OCC(COC)(COC(=O)CCC(C)CC(=O)OCC(COC)(COC(=O)C(=C)C)COC(=O)C(=C)C)COC(=O)C(=C)C. The standard InChI is InChI=1S/C35H52O14/c1-23(2)30(38)46-19-34(15-42-10,20-47-31(39)24(3)4)17-44-28(36)13-12-27(9)14-29(37)45-18-35(16-43-11,21-48-32(40)25(5)6)22-49-33(41)26(7)8/h27H,1,3,5,7,12-22H2,2,4,6,8-11H3. The van der Waals surface area contributed by atoms with E-state index < -0.39 is 46.6 Å². The van der Waals surface area contributed by atoms with Crippen molar-refractivity contribution in [1.29, 1.82) is 0 Å². The second kappa shape index (κ2) is 22.4. The Balaban J connectivity index is 5.40. The van der Waals surface area contributed by atoms with E-state index in [9.17, 15) is 28.8 Å². The van der Waals surface area contributed by atoms with Gasteiger partial charge >= 0.3 is 35.8 Å². The lowest BCUT2D eigenvalue weighted by Gasteiger charge is -2.31. The Morgan fingerprint density at radius 1 is 0.490 bits per heavy atom. The molecule has 0 aliphatic carbocycles. The highest BCUT2D eigenvalue weighted by molar-refractivity contribution is 5.88. The summed E-state index contributed by atoms with van der Waals surface area (Å²) in [5.74, 6) is -4.28. The Bertz CT molecular complexity index is 1170. The predicted octanol–water partition coefficient (Wildman–Crippen LogP) is 3.62. The zero-order valence-electron chi connectivity index (χ0n) is 29.9. The van der Waals surface area contributed by atoms with Gasteiger partial charge in [-0.1, -0.05) is 33.2 Å². The first-order chi connectivity index (χ1) is 22.8. The quantitative estimate of drug-likeness (QED) is 0.0768. The first kappa shape index (κ1) is 44.7. The topological polar surface area (TPSA) is 176 Å². The van der Waals surface area contributed by atoms with E-state index in [1.807, 2.05) is 0 Å². The van der Waals surface area contributed by atoms with Gasteiger partial charge in [0.25, 0.3) is 0 Å². The van der Waals surface area contributed by atoms with Crippen LogP contribution in [-0.2, 0) is 66.7 Å². The molecule has 0 radical (unpaired) electrons. The van der Waals surface area contributed by atoms with Crippen molar-refractivity contribution in [1.82, 2.24) is 0 Å². The van der Waals surface area contributed by atoms with E-state index in [-0.39, 0.29) is 100 Å². The molecule has 0 rings (SSSR count). The Labute approximate surface area is 288 Å². The molecule has 0 heterocycles. The van der Waals surface area contributed by atoms with Crippen molar-refractivity contribution in [2.24, 2.45) is 16.7 Å². The van der Waals surface area contributed by atoms with E-state index in [4.69, 9.17) is 37.9 Å². The molecule has 0 bridgehead atoms. The number of methoxy groups -OCH3 is 2. The summed E-state index contributed by atoms with van der Waals surface area (Å²) in [5.41, 5.74) is -1.84. The fourth-order valence-electron chi connectivity index (χ4n) is 3.83.